The summed E-state index contributed by atoms with van der Waals surface area (Å²) in [5.41, 5.74) is 0.473. The molecule has 1 fully saturated rings. The van der Waals surface area contributed by atoms with Crippen LogP contribution < -0.4 is 24.0 Å². The Bertz CT molecular complexity index is 3540. The second-order valence-electron chi connectivity index (χ2n) is 20.6. The molecular weight excluding hydrogens is 1160 g/mol. The third-order valence-electron chi connectivity index (χ3n) is 14.0. The van der Waals surface area contributed by atoms with Gasteiger partial charge in [0.2, 0.25) is 0 Å². The number of hydrogen-bond donors (Lipinski definition) is 0. The number of benzene rings is 6. The first-order valence-electron chi connectivity index (χ1n) is 28.7. The number of fused-ring (bicyclic) bond motifs is 1. The quantitative estimate of drug-likeness (QED) is 0.00600. The first-order valence-corrected chi connectivity index (χ1v) is 28.7. The van der Waals surface area contributed by atoms with Crippen LogP contribution in [0.2, 0.25) is 0 Å². The standard InChI is InChI=1S/C68H66F4N2O15/c1-5-60(75)83-41-37-74(53-28-21-47-15-9-10-16-52(47)42-53)73-43-57-58(88-66(80)50-24-31-56(32-25-50)87-65(79)49-22-29-54(30-23-49)82-38-12-13-40-85-63(77)45(4)68(70,71)72)35-36-59(61(57)69)89-67(81)51-26-33-55(34-27-51)86-64(78)48-19-17-46(18-20-48)14-8-6-7-11-39-84-62(76)44(2)3/h5,9-10,15-25,28-32,35-36,42-43,51,55H,1-2,4,6-8,11-14,26-27,33-34,37-41H2,3H3/b73-43+. The van der Waals surface area contributed by atoms with Crippen molar-refractivity contribution in [3.8, 4) is 23.0 Å². The number of anilines is 1. The topological polar surface area (TPSA) is 209 Å². The molecule has 0 bridgehead atoms. The van der Waals surface area contributed by atoms with E-state index in [1.165, 1.54) is 59.6 Å². The molecule has 0 spiro atoms. The van der Waals surface area contributed by atoms with E-state index < -0.39 is 76.7 Å². The third-order valence-corrected chi connectivity index (χ3v) is 14.0. The van der Waals surface area contributed by atoms with E-state index in [2.05, 4.69) is 29.6 Å². The number of carbonyl (C=O) groups excluding carboxylic acids is 7. The van der Waals surface area contributed by atoms with Gasteiger partial charge in [0.1, 0.15) is 35.5 Å². The Kier molecular flexibility index (Phi) is 24.5. The van der Waals surface area contributed by atoms with Gasteiger partial charge in [-0.3, -0.25) is 9.80 Å². The van der Waals surface area contributed by atoms with Crippen LogP contribution in [0.15, 0.2) is 169 Å². The molecule has 6 aromatic carbocycles. The highest BCUT2D eigenvalue weighted by Gasteiger charge is 2.38. The Labute approximate surface area is 511 Å². The minimum Gasteiger partial charge on any atom is -0.494 e. The zero-order valence-corrected chi connectivity index (χ0v) is 48.9. The maximum absolute atomic E-state index is 17.0. The van der Waals surface area contributed by atoms with E-state index >= 15 is 4.39 Å². The molecule has 0 saturated heterocycles. The number of hydrazone groups is 1. The number of halogens is 4. The number of nitrogens with zero attached hydrogens (tertiary/aromatic N) is 2. The smallest absolute Gasteiger partial charge is 0.422 e. The third kappa shape index (κ3) is 20.3. The molecule has 0 radical (unpaired) electrons. The van der Waals surface area contributed by atoms with Crippen LogP contribution in [-0.4, -0.2) is 93.3 Å². The van der Waals surface area contributed by atoms with Gasteiger partial charge >= 0.3 is 48.0 Å². The fourth-order valence-corrected chi connectivity index (χ4v) is 8.99. The molecule has 0 heterocycles. The zero-order valence-electron chi connectivity index (χ0n) is 48.9. The predicted octanol–water partition coefficient (Wildman–Crippen LogP) is 13.4. The van der Waals surface area contributed by atoms with Crippen molar-refractivity contribution in [1.29, 1.82) is 0 Å². The van der Waals surface area contributed by atoms with E-state index in [0.717, 1.165) is 66.8 Å². The monoisotopic (exact) mass is 1230 g/mol. The number of unbranched alkanes of at least 4 members (excludes halogenated alkanes) is 4. The normalized spacial score (nSPS) is 13.8. The minimum atomic E-state index is -4.88. The first kappa shape index (κ1) is 66.6. The van der Waals surface area contributed by atoms with Crippen LogP contribution in [-0.2, 0) is 44.5 Å². The molecule has 1 aliphatic carbocycles. The Balaban J connectivity index is 0.973. The minimum absolute atomic E-state index is 0.0230. The average Bonchev–Trinajstić information content (AvgIpc) is 2.15. The number of rotatable bonds is 30. The molecule has 0 amide bonds. The molecule has 0 aromatic heterocycles. The molecule has 7 rings (SSSR count). The van der Waals surface area contributed by atoms with Gasteiger partial charge in [-0.25, -0.2) is 33.2 Å². The lowest BCUT2D eigenvalue weighted by molar-refractivity contribution is -0.151. The number of esters is 7. The highest BCUT2D eigenvalue weighted by molar-refractivity contribution is 5.95. The summed E-state index contributed by atoms with van der Waals surface area (Å²) in [7, 11) is 0. The van der Waals surface area contributed by atoms with Crippen LogP contribution in [0, 0.1) is 11.7 Å². The molecule has 466 valence electrons. The molecular formula is C68H66F4N2O15. The molecule has 0 aliphatic heterocycles. The molecule has 89 heavy (non-hydrogen) atoms. The lowest BCUT2D eigenvalue weighted by atomic mass is 9.87. The van der Waals surface area contributed by atoms with Crippen molar-refractivity contribution >= 4 is 64.5 Å². The maximum atomic E-state index is 17.0. The fourth-order valence-electron chi connectivity index (χ4n) is 8.99. The Morgan fingerprint density at radius 2 is 1.19 bits per heavy atom. The SMILES string of the molecule is C=CC(=O)OCCN(/N=C/c1c(OC(=O)c2ccc(OC(=O)c3ccc(OCCCCOC(=O)C(=C)C(F)(F)F)cc3)cc2)ccc(OC(=O)C2CCC(OC(=O)c3ccc(CCCCCCOC(=O)C(=C)C)cc3)CC2)c1F)c1ccc2ccccc2c1. The van der Waals surface area contributed by atoms with Crippen LogP contribution in [0.1, 0.15) is 113 Å². The van der Waals surface area contributed by atoms with Crippen LogP contribution in [0.5, 0.6) is 23.0 Å². The van der Waals surface area contributed by atoms with Gasteiger partial charge in [0.05, 0.1) is 66.4 Å². The summed E-state index contributed by atoms with van der Waals surface area (Å²) in [5.74, 6) is -7.70. The van der Waals surface area contributed by atoms with Gasteiger partial charge in [-0.2, -0.15) is 18.3 Å². The Morgan fingerprint density at radius 1 is 0.607 bits per heavy atom. The summed E-state index contributed by atoms with van der Waals surface area (Å²) in [6.45, 7) is 11.4. The molecule has 17 nitrogen and oxygen atoms in total. The molecule has 6 aromatic rings. The number of carbonyl (C=O) groups is 7. The summed E-state index contributed by atoms with van der Waals surface area (Å²) in [5, 5.41) is 7.78. The lowest BCUT2D eigenvalue weighted by Gasteiger charge is -2.27. The average molecular weight is 1230 g/mol. The van der Waals surface area contributed by atoms with Gasteiger partial charge in [0.25, 0.3) is 0 Å². The highest BCUT2D eigenvalue weighted by Crippen LogP contribution is 2.34. The summed E-state index contributed by atoms with van der Waals surface area (Å²) < 4.78 is 98.2. The van der Waals surface area contributed by atoms with Gasteiger partial charge in [0, 0.05) is 11.6 Å². The first-order chi connectivity index (χ1) is 42.8. The van der Waals surface area contributed by atoms with Gasteiger partial charge in [-0.05, 0) is 166 Å². The van der Waals surface area contributed by atoms with Crippen LogP contribution in [0.4, 0.5) is 23.2 Å². The molecule has 1 aliphatic rings. The van der Waals surface area contributed by atoms with Gasteiger partial charge in [-0.1, -0.05) is 75.0 Å². The van der Waals surface area contributed by atoms with Crippen molar-refractivity contribution in [3.05, 3.63) is 198 Å². The second kappa shape index (κ2) is 32.7. The summed E-state index contributed by atoms with van der Waals surface area (Å²) in [6, 6.07) is 33.8. The van der Waals surface area contributed by atoms with Crippen LogP contribution in [0.3, 0.4) is 0 Å². The van der Waals surface area contributed by atoms with Crippen LogP contribution in [0.25, 0.3) is 10.8 Å². The number of ether oxygens (including phenoxy) is 8. The van der Waals surface area contributed by atoms with Crippen molar-refractivity contribution in [2.45, 2.75) is 89.8 Å². The van der Waals surface area contributed by atoms with E-state index in [4.69, 9.17) is 33.2 Å². The van der Waals surface area contributed by atoms with Crippen molar-refractivity contribution < 1.29 is 89.0 Å². The number of hydrogen-bond acceptors (Lipinski definition) is 17. The summed E-state index contributed by atoms with van der Waals surface area (Å²) in [6.07, 6.45) is 2.93. The number of alkyl halides is 3. The number of aryl methyl sites for hydroxylation is 1. The van der Waals surface area contributed by atoms with Crippen molar-refractivity contribution in [3.63, 3.8) is 0 Å². The zero-order chi connectivity index (χ0) is 63.9. The maximum Gasteiger partial charge on any atom is 0.422 e. The van der Waals surface area contributed by atoms with Crippen molar-refractivity contribution in [1.82, 2.24) is 0 Å². The molecule has 21 heteroatoms. The fraction of sp³-hybridized carbons (Fsp3) is 0.294. The Morgan fingerprint density at radius 3 is 1.85 bits per heavy atom. The molecule has 1 saturated carbocycles. The van der Waals surface area contributed by atoms with E-state index in [9.17, 15) is 46.7 Å². The Hall–Kier alpha value is -9.92. The van der Waals surface area contributed by atoms with E-state index in [0.29, 0.717) is 48.4 Å². The predicted molar refractivity (Wildman–Crippen MR) is 321 cm³/mol. The van der Waals surface area contributed by atoms with Crippen molar-refractivity contribution in [2.24, 2.45) is 11.0 Å². The summed E-state index contributed by atoms with van der Waals surface area (Å²) >= 11 is 0. The highest BCUT2D eigenvalue weighted by atomic mass is 19.4. The lowest BCUT2D eigenvalue weighted by Crippen LogP contribution is -2.30. The van der Waals surface area contributed by atoms with Crippen LogP contribution >= 0.6 is 0 Å². The summed E-state index contributed by atoms with van der Waals surface area (Å²) in [4.78, 5) is 88.8. The van der Waals surface area contributed by atoms with Gasteiger partial charge in [-0.15, -0.1) is 0 Å². The van der Waals surface area contributed by atoms with Crippen molar-refractivity contribution in [2.75, 3.05) is 38.0 Å². The largest absolute Gasteiger partial charge is 0.494 e. The van der Waals surface area contributed by atoms with E-state index in [1.54, 1.807) is 25.1 Å². The van der Waals surface area contributed by atoms with Gasteiger partial charge in [0.15, 0.2) is 11.6 Å². The van der Waals surface area contributed by atoms with E-state index in [-0.39, 0.29) is 74.2 Å². The molecule has 0 N–H and O–H groups in total. The molecule has 0 unspecified atom stereocenters. The molecule has 0 atom stereocenters. The van der Waals surface area contributed by atoms with E-state index in [1.807, 2.05) is 48.5 Å². The van der Waals surface area contributed by atoms with Gasteiger partial charge < -0.3 is 37.9 Å². The second-order valence-corrected chi connectivity index (χ2v) is 20.6.